The number of carbonyl (C=O) groups excluding carboxylic acids is 1. The number of hydrogen-bond acceptors (Lipinski definition) is 2. The molecule has 0 fully saturated rings. The largest absolute Gasteiger partial charge is 0.355 e. The Morgan fingerprint density at radius 2 is 1.89 bits per heavy atom. The van der Waals surface area contributed by atoms with Crippen LogP contribution in [0, 0.1) is 5.92 Å². The Kier molecular flexibility index (Phi) is 8.00. The van der Waals surface area contributed by atoms with Crippen molar-refractivity contribution in [2.75, 3.05) is 6.54 Å². The van der Waals surface area contributed by atoms with E-state index in [2.05, 4.69) is 5.32 Å². The van der Waals surface area contributed by atoms with Gasteiger partial charge in [-0.15, -0.1) is 12.4 Å². The van der Waals surface area contributed by atoms with Crippen LogP contribution in [0.4, 0.5) is 0 Å². The molecule has 2 unspecified atom stereocenters. The number of halogens is 2. The Labute approximate surface area is 119 Å². The summed E-state index contributed by atoms with van der Waals surface area (Å²) in [5.74, 6) is -0.144. The van der Waals surface area contributed by atoms with Gasteiger partial charge in [-0.05, 0) is 31.0 Å². The number of benzene rings is 1. The van der Waals surface area contributed by atoms with E-state index in [0.717, 1.165) is 17.0 Å². The lowest BCUT2D eigenvalue weighted by Gasteiger charge is -2.15. The lowest BCUT2D eigenvalue weighted by molar-refractivity contribution is -0.124. The Balaban J connectivity index is 0.00000289. The maximum atomic E-state index is 11.6. The molecule has 2 atom stereocenters. The highest BCUT2D eigenvalue weighted by molar-refractivity contribution is 6.30. The highest BCUT2D eigenvalue weighted by atomic mass is 35.5. The minimum atomic E-state index is -0.153. The normalized spacial score (nSPS) is 13.3. The summed E-state index contributed by atoms with van der Waals surface area (Å²) in [5.41, 5.74) is 6.82. The summed E-state index contributed by atoms with van der Waals surface area (Å²) in [4.78, 5) is 11.6. The van der Waals surface area contributed by atoms with Crippen LogP contribution in [0.25, 0.3) is 0 Å². The second-order valence-corrected chi connectivity index (χ2v) is 4.75. The molecule has 0 aliphatic heterocycles. The van der Waals surface area contributed by atoms with Crippen LogP contribution in [0.3, 0.4) is 0 Å². The molecular formula is C13H20Cl2N2O. The van der Waals surface area contributed by atoms with Gasteiger partial charge in [0.15, 0.2) is 0 Å². The highest BCUT2D eigenvalue weighted by Gasteiger charge is 2.15. The fourth-order valence-electron chi connectivity index (χ4n) is 1.38. The fourth-order valence-corrected chi connectivity index (χ4v) is 1.51. The monoisotopic (exact) mass is 290 g/mol. The first-order valence-electron chi connectivity index (χ1n) is 5.78. The summed E-state index contributed by atoms with van der Waals surface area (Å²) in [7, 11) is 0. The van der Waals surface area contributed by atoms with Crippen LogP contribution in [0.2, 0.25) is 5.02 Å². The Morgan fingerprint density at radius 1 is 1.33 bits per heavy atom. The molecule has 5 heteroatoms. The van der Waals surface area contributed by atoms with E-state index in [4.69, 9.17) is 17.3 Å². The first kappa shape index (κ1) is 17.2. The molecule has 0 aromatic heterocycles. The van der Waals surface area contributed by atoms with E-state index in [-0.39, 0.29) is 30.3 Å². The predicted molar refractivity (Wildman–Crippen MR) is 78.2 cm³/mol. The van der Waals surface area contributed by atoms with Crippen molar-refractivity contribution < 1.29 is 4.79 Å². The molecule has 1 rings (SSSR count). The van der Waals surface area contributed by atoms with Gasteiger partial charge in [-0.3, -0.25) is 4.79 Å². The average Bonchev–Trinajstić information content (AvgIpc) is 2.30. The van der Waals surface area contributed by atoms with Gasteiger partial charge < -0.3 is 11.1 Å². The topological polar surface area (TPSA) is 55.1 Å². The van der Waals surface area contributed by atoms with Crippen molar-refractivity contribution in [3.05, 3.63) is 34.9 Å². The van der Waals surface area contributed by atoms with E-state index in [1.165, 1.54) is 0 Å². The smallest absolute Gasteiger partial charge is 0.224 e. The van der Waals surface area contributed by atoms with Crippen molar-refractivity contribution in [2.24, 2.45) is 11.7 Å². The minimum Gasteiger partial charge on any atom is -0.355 e. The van der Waals surface area contributed by atoms with Gasteiger partial charge in [-0.1, -0.05) is 30.7 Å². The maximum Gasteiger partial charge on any atom is 0.224 e. The Morgan fingerprint density at radius 3 is 2.39 bits per heavy atom. The van der Waals surface area contributed by atoms with Crippen LogP contribution >= 0.6 is 24.0 Å². The zero-order valence-corrected chi connectivity index (χ0v) is 12.2. The molecule has 102 valence electrons. The van der Waals surface area contributed by atoms with E-state index in [1.807, 2.05) is 38.1 Å². The summed E-state index contributed by atoms with van der Waals surface area (Å²) >= 11 is 5.79. The van der Waals surface area contributed by atoms with Crippen LogP contribution < -0.4 is 11.1 Å². The standard InChI is InChI=1S/C13H19ClN2O.ClH/c1-9(10(2)15)13(17)16-8-7-11-3-5-12(14)6-4-11;/h3-6,9-10H,7-8,15H2,1-2H3,(H,16,17);1H. The van der Waals surface area contributed by atoms with Gasteiger partial charge in [0.05, 0.1) is 0 Å². The van der Waals surface area contributed by atoms with Crippen molar-refractivity contribution in [2.45, 2.75) is 26.3 Å². The summed E-state index contributed by atoms with van der Waals surface area (Å²) in [6.45, 7) is 4.29. The molecular weight excluding hydrogens is 271 g/mol. The van der Waals surface area contributed by atoms with E-state index < -0.39 is 0 Å². The quantitative estimate of drug-likeness (QED) is 0.875. The van der Waals surface area contributed by atoms with Crippen LogP contribution in [0.1, 0.15) is 19.4 Å². The molecule has 1 aromatic carbocycles. The van der Waals surface area contributed by atoms with Crippen LogP contribution in [0.15, 0.2) is 24.3 Å². The molecule has 0 bridgehead atoms. The number of nitrogens with one attached hydrogen (secondary N) is 1. The van der Waals surface area contributed by atoms with Gasteiger partial charge >= 0.3 is 0 Å². The van der Waals surface area contributed by atoms with Gasteiger partial charge in [-0.2, -0.15) is 0 Å². The third-order valence-electron chi connectivity index (χ3n) is 2.83. The summed E-state index contributed by atoms with van der Waals surface area (Å²) < 4.78 is 0. The molecule has 1 aromatic rings. The third-order valence-corrected chi connectivity index (χ3v) is 3.08. The molecule has 0 heterocycles. The van der Waals surface area contributed by atoms with Gasteiger partial charge in [0.1, 0.15) is 0 Å². The van der Waals surface area contributed by atoms with Crippen molar-refractivity contribution >= 4 is 29.9 Å². The van der Waals surface area contributed by atoms with E-state index in [1.54, 1.807) is 0 Å². The zero-order valence-electron chi connectivity index (χ0n) is 10.7. The van der Waals surface area contributed by atoms with Crippen LogP contribution in [-0.4, -0.2) is 18.5 Å². The van der Waals surface area contributed by atoms with Crippen molar-refractivity contribution in [3.63, 3.8) is 0 Å². The molecule has 0 saturated heterocycles. The summed E-state index contributed by atoms with van der Waals surface area (Å²) in [5, 5.41) is 3.60. The third kappa shape index (κ3) is 5.71. The number of hydrogen-bond donors (Lipinski definition) is 2. The maximum absolute atomic E-state index is 11.6. The lowest BCUT2D eigenvalue weighted by atomic mass is 10.0. The molecule has 0 saturated carbocycles. The van der Waals surface area contributed by atoms with Crippen molar-refractivity contribution in [1.82, 2.24) is 5.32 Å². The summed E-state index contributed by atoms with van der Waals surface area (Å²) in [6.07, 6.45) is 0.800. The first-order chi connectivity index (χ1) is 8.00. The number of nitrogens with two attached hydrogens (primary N) is 1. The molecule has 0 spiro atoms. The number of rotatable bonds is 5. The molecule has 3 nitrogen and oxygen atoms in total. The molecule has 18 heavy (non-hydrogen) atoms. The van der Waals surface area contributed by atoms with E-state index in [0.29, 0.717) is 6.54 Å². The predicted octanol–water partition coefficient (Wildman–Crippen LogP) is 2.40. The average molecular weight is 291 g/mol. The van der Waals surface area contributed by atoms with E-state index in [9.17, 15) is 4.79 Å². The lowest BCUT2D eigenvalue weighted by Crippen LogP contribution is -2.39. The molecule has 0 radical (unpaired) electrons. The minimum absolute atomic E-state index is 0. The summed E-state index contributed by atoms with van der Waals surface area (Å²) in [6, 6.07) is 7.50. The number of amides is 1. The molecule has 3 N–H and O–H groups in total. The molecule has 0 aliphatic carbocycles. The van der Waals surface area contributed by atoms with Gasteiger partial charge in [-0.25, -0.2) is 0 Å². The zero-order chi connectivity index (χ0) is 12.8. The second kappa shape index (κ2) is 8.35. The fraction of sp³-hybridized carbons (Fsp3) is 0.462. The van der Waals surface area contributed by atoms with E-state index >= 15 is 0 Å². The van der Waals surface area contributed by atoms with Crippen molar-refractivity contribution in [3.8, 4) is 0 Å². The SMILES string of the molecule is CC(N)C(C)C(=O)NCCc1ccc(Cl)cc1.Cl. The van der Waals surface area contributed by atoms with Crippen LogP contribution in [0.5, 0.6) is 0 Å². The second-order valence-electron chi connectivity index (χ2n) is 4.32. The molecule has 1 amide bonds. The van der Waals surface area contributed by atoms with Gasteiger partial charge in [0.25, 0.3) is 0 Å². The van der Waals surface area contributed by atoms with Crippen molar-refractivity contribution in [1.29, 1.82) is 0 Å². The Hall–Kier alpha value is -0.770. The van der Waals surface area contributed by atoms with Crippen LogP contribution in [-0.2, 0) is 11.2 Å². The van der Waals surface area contributed by atoms with Gasteiger partial charge in [0, 0.05) is 23.5 Å². The number of carbonyl (C=O) groups is 1. The van der Waals surface area contributed by atoms with Gasteiger partial charge in [0.2, 0.25) is 5.91 Å². The highest BCUT2D eigenvalue weighted by Crippen LogP contribution is 2.09. The molecule has 0 aliphatic rings. The Bertz CT molecular complexity index is 366. The first-order valence-corrected chi connectivity index (χ1v) is 6.16.